The summed E-state index contributed by atoms with van der Waals surface area (Å²) in [6.07, 6.45) is 4.03. The monoisotopic (exact) mass is 291 g/mol. The molecule has 1 saturated heterocycles. The van der Waals surface area contributed by atoms with Crippen molar-refractivity contribution in [3.8, 4) is 0 Å². The molecule has 8 heteroatoms. The largest absolute Gasteiger partial charge is 0.391 e. The maximum absolute atomic E-state index is 12.1. The molecule has 0 amide bonds. The summed E-state index contributed by atoms with van der Waals surface area (Å²) in [5.41, 5.74) is 0.317. The van der Waals surface area contributed by atoms with E-state index in [0.29, 0.717) is 17.6 Å². The molecule has 0 unspecified atom stereocenters. The van der Waals surface area contributed by atoms with Crippen LogP contribution < -0.4 is 10.9 Å². The van der Waals surface area contributed by atoms with Gasteiger partial charge in [-0.05, 0) is 19.4 Å². The first kappa shape index (κ1) is 13.9. The fourth-order valence-corrected chi connectivity index (χ4v) is 2.62. The Hall–Kier alpha value is -2.06. The van der Waals surface area contributed by atoms with E-state index in [1.807, 2.05) is 0 Å². The highest BCUT2D eigenvalue weighted by Gasteiger charge is 2.25. The van der Waals surface area contributed by atoms with Gasteiger partial charge in [0.2, 0.25) is 0 Å². The fraction of sp³-hybridized carbons (Fsp3) is 0.538. The molecule has 2 aromatic heterocycles. The zero-order valence-corrected chi connectivity index (χ0v) is 11.5. The van der Waals surface area contributed by atoms with E-state index >= 15 is 0 Å². The van der Waals surface area contributed by atoms with Crippen LogP contribution in [0.15, 0.2) is 17.4 Å². The lowest BCUT2D eigenvalue weighted by atomic mass is 9.97. The molecule has 0 radical (unpaired) electrons. The molecule has 0 spiro atoms. The van der Waals surface area contributed by atoms with Crippen LogP contribution >= 0.6 is 0 Å². The number of rotatable bonds is 4. The van der Waals surface area contributed by atoms with E-state index in [9.17, 15) is 14.7 Å². The quantitative estimate of drug-likeness (QED) is 0.679. The minimum Gasteiger partial charge on any atom is -0.391 e. The van der Waals surface area contributed by atoms with Gasteiger partial charge in [0.25, 0.3) is 5.56 Å². The number of aromatic nitrogens is 4. The first-order valence-corrected chi connectivity index (χ1v) is 6.97. The number of Topliss-reactive ketones (excluding diaryl/α,β-unsaturated/α-hetero) is 1. The smallest absolute Gasteiger partial charge is 0.279 e. The molecule has 0 aromatic carbocycles. The van der Waals surface area contributed by atoms with Gasteiger partial charge in [-0.3, -0.25) is 14.2 Å². The molecule has 3 rings (SSSR count). The zero-order chi connectivity index (χ0) is 14.8. The Labute approximate surface area is 120 Å². The Morgan fingerprint density at radius 3 is 3.14 bits per heavy atom. The van der Waals surface area contributed by atoms with Crippen molar-refractivity contribution < 1.29 is 9.90 Å². The number of ketones is 1. The van der Waals surface area contributed by atoms with Gasteiger partial charge in [-0.15, -0.1) is 0 Å². The lowest BCUT2D eigenvalue weighted by Crippen LogP contribution is -2.46. The predicted molar refractivity (Wildman–Crippen MR) is 74.8 cm³/mol. The second kappa shape index (κ2) is 5.74. The first-order valence-electron chi connectivity index (χ1n) is 6.97. The second-order valence-corrected chi connectivity index (χ2v) is 5.29. The Morgan fingerprint density at radius 1 is 1.48 bits per heavy atom. The lowest BCUT2D eigenvalue weighted by Gasteiger charge is -2.28. The average Bonchev–Trinajstić information content (AvgIpc) is 2.94. The summed E-state index contributed by atoms with van der Waals surface area (Å²) >= 11 is 0. The number of piperidine rings is 1. The number of nitrogens with zero attached hydrogens (tertiary/aromatic N) is 3. The third kappa shape index (κ3) is 2.86. The van der Waals surface area contributed by atoms with E-state index < -0.39 is 6.10 Å². The van der Waals surface area contributed by atoms with Gasteiger partial charge in [0.05, 0.1) is 19.0 Å². The normalized spacial score (nSPS) is 22.5. The lowest BCUT2D eigenvalue weighted by molar-refractivity contribution is -0.121. The SMILES string of the molecule is O=C(C[C@H]1NCCC[C@@H]1O)Cn1cnc2nc[nH]c2c1=O. The van der Waals surface area contributed by atoms with E-state index in [-0.39, 0.29) is 30.3 Å². The molecule has 21 heavy (non-hydrogen) atoms. The number of aromatic amines is 1. The van der Waals surface area contributed by atoms with Crippen molar-refractivity contribution in [2.24, 2.45) is 0 Å². The van der Waals surface area contributed by atoms with Crippen LogP contribution in [0, 0.1) is 0 Å². The molecular formula is C13H17N5O3. The molecule has 1 fully saturated rings. The van der Waals surface area contributed by atoms with Crippen LogP contribution in [0.2, 0.25) is 0 Å². The van der Waals surface area contributed by atoms with Gasteiger partial charge >= 0.3 is 0 Å². The minimum atomic E-state index is -0.507. The Kier molecular flexibility index (Phi) is 3.80. The van der Waals surface area contributed by atoms with Gasteiger partial charge in [0.15, 0.2) is 16.9 Å². The fourth-order valence-electron chi connectivity index (χ4n) is 2.62. The number of fused-ring (bicyclic) bond motifs is 1. The highest BCUT2D eigenvalue weighted by Crippen LogP contribution is 2.12. The molecule has 2 aromatic rings. The van der Waals surface area contributed by atoms with Crippen LogP contribution in [-0.4, -0.2) is 49.1 Å². The van der Waals surface area contributed by atoms with Crippen molar-refractivity contribution in [3.63, 3.8) is 0 Å². The number of nitrogens with one attached hydrogen (secondary N) is 2. The molecule has 8 nitrogen and oxygen atoms in total. The number of H-pyrrole nitrogens is 1. The molecular weight excluding hydrogens is 274 g/mol. The highest BCUT2D eigenvalue weighted by atomic mass is 16.3. The molecule has 1 aliphatic heterocycles. The summed E-state index contributed by atoms with van der Waals surface area (Å²) in [6, 6.07) is -0.231. The molecule has 0 aliphatic carbocycles. The summed E-state index contributed by atoms with van der Waals surface area (Å²) in [7, 11) is 0. The van der Waals surface area contributed by atoms with Gasteiger partial charge < -0.3 is 15.4 Å². The summed E-state index contributed by atoms with van der Waals surface area (Å²) in [6.45, 7) is 0.752. The number of hydrogen-bond acceptors (Lipinski definition) is 6. The number of imidazole rings is 1. The molecule has 0 bridgehead atoms. The molecule has 0 saturated carbocycles. The number of aliphatic hydroxyl groups excluding tert-OH is 1. The summed E-state index contributed by atoms with van der Waals surface area (Å²) in [5.74, 6) is -0.115. The van der Waals surface area contributed by atoms with Crippen molar-refractivity contribution >= 4 is 16.9 Å². The maximum Gasteiger partial charge on any atom is 0.279 e. The van der Waals surface area contributed by atoms with Crippen molar-refractivity contribution in [2.45, 2.75) is 38.0 Å². The van der Waals surface area contributed by atoms with Gasteiger partial charge in [0.1, 0.15) is 6.33 Å². The Bertz CT molecular complexity index is 707. The van der Waals surface area contributed by atoms with Gasteiger partial charge in [-0.1, -0.05) is 0 Å². The third-order valence-corrected chi connectivity index (χ3v) is 3.76. The Balaban J connectivity index is 1.71. The third-order valence-electron chi connectivity index (χ3n) is 3.76. The standard InChI is InChI=1S/C13H17N5O3/c19-8(4-9-10(20)2-1-3-14-9)5-18-7-17-12-11(13(18)21)15-6-16-12/h6-7,9-10,14,20H,1-5H2,(H,15,16)/t9-,10+/m1/s1. The number of hydrogen-bond donors (Lipinski definition) is 3. The summed E-state index contributed by atoms with van der Waals surface area (Å²) in [5, 5.41) is 13.0. The van der Waals surface area contributed by atoms with Crippen molar-refractivity contribution in [3.05, 3.63) is 23.0 Å². The second-order valence-electron chi connectivity index (χ2n) is 5.29. The molecule has 3 N–H and O–H groups in total. The number of carbonyl (C=O) groups excluding carboxylic acids is 1. The zero-order valence-electron chi connectivity index (χ0n) is 11.5. The number of carbonyl (C=O) groups is 1. The van der Waals surface area contributed by atoms with E-state index in [0.717, 1.165) is 13.0 Å². The van der Waals surface area contributed by atoms with Gasteiger partial charge in [-0.25, -0.2) is 9.97 Å². The van der Waals surface area contributed by atoms with Crippen molar-refractivity contribution in [1.29, 1.82) is 0 Å². The van der Waals surface area contributed by atoms with Gasteiger partial charge in [-0.2, -0.15) is 0 Å². The van der Waals surface area contributed by atoms with E-state index in [1.165, 1.54) is 17.2 Å². The summed E-state index contributed by atoms with van der Waals surface area (Å²) in [4.78, 5) is 34.8. The van der Waals surface area contributed by atoms with Crippen LogP contribution in [-0.2, 0) is 11.3 Å². The van der Waals surface area contributed by atoms with E-state index in [2.05, 4.69) is 20.3 Å². The van der Waals surface area contributed by atoms with Crippen molar-refractivity contribution in [1.82, 2.24) is 24.8 Å². The predicted octanol–water partition coefficient (Wildman–Crippen LogP) is -0.808. The summed E-state index contributed by atoms with van der Waals surface area (Å²) < 4.78 is 1.26. The number of aliphatic hydroxyl groups is 1. The first-order chi connectivity index (χ1) is 10.1. The van der Waals surface area contributed by atoms with Crippen LogP contribution in [0.25, 0.3) is 11.2 Å². The van der Waals surface area contributed by atoms with Gasteiger partial charge in [0, 0.05) is 12.5 Å². The van der Waals surface area contributed by atoms with Crippen LogP contribution in [0.4, 0.5) is 0 Å². The minimum absolute atomic E-state index is 0.0499. The molecule has 3 heterocycles. The van der Waals surface area contributed by atoms with E-state index in [4.69, 9.17) is 0 Å². The van der Waals surface area contributed by atoms with Crippen molar-refractivity contribution in [2.75, 3.05) is 6.54 Å². The average molecular weight is 291 g/mol. The molecule has 2 atom stereocenters. The molecule has 1 aliphatic rings. The van der Waals surface area contributed by atoms with Crippen LogP contribution in [0.1, 0.15) is 19.3 Å². The van der Waals surface area contributed by atoms with Crippen LogP contribution in [0.3, 0.4) is 0 Å². The Morgan fingerprint density at radius 2 is 2.33 bits per heavy atom. The van der Waals surface area contributed by atoms with E-state index in [1.54, 1.807) is 0 Å². The highest BCUT2D eigenvalue weighted by molar-refractivity contribution is 5.79. The van der Waals surface area contributed by atoms with Crippen LogP contribution in [0.5, 0.6) is 0 Å². The molecule has 112 valence electrons. The topological polar surface area (TPSA) is 113 Å². The maximum atomic E-state index is 12.1.